The number of benzene rings is 1. The van der Waals surface area contributed by atoms with Crippen LogP contribution in [0, 0.1) is 0 Å². The van der Waals surface area contributed by atoms with E-state index in [1.165, 1.54) is 19.4 Å². The molecule has 1 aromatic rings. The first-order valence-electron chi connectivity index (χ1n) is 7.78. The standard InChI is InChI=1S/C16H24N4O/c1-12(16(21)18-14-6-4-13(17)5-7-14)20-10-9-19-8-2-3-15(19)11-20/h4-7,12,15H,2-3,8-11,17H2,1H3,(H,18,21). The van der Waals surface area contributed by atoms with Gasteiger partial charge in [-0.25, -0.2) is 0 Å². The molecule has 2 saturated heterocycles. The van der Waals surface area contributed by atoms with Gasteiger partial charge in [-0.15, -0.1) is 0 Å². The second-order valence-electron chi connectivity index (χ2n) is 6.11. The molecule has 2 aliphatic rings. The Morgan fingerprint density at radius 3 is 2.81 bits per heavy atom. The van der Waals surface area contributed by atoms with Gasteiger partial charge in [-0.05, 0) is 50.6 Å². The Balaban J connectivity index is 1.58. The van der Waals surface area contributed by atoms with E-state index in [9.17, 15) is 4.79 Å². The molecule has 0 radical (unpaired) electrons. The number of amides is 1. The molecule has 5 heteroatoms. The summed E-state index contributed by atoms with van der Waals surface area (Å²) in [6.07, 6.45) is 2.56. The molecular formula is C16H24N4O. The predicted octanol–water partition coefficient (Wildman–Crippen LogP) is 1.38. The molecule has 2 fully saturated rings. The molecule has 0 aliphatic carbocycles. The van der Waals surface area contributed by atoms with Crippen LogP contribution < -0.4 is 11.1 Å². The van der Waals surface area contributed by atoms with Gasteiger partial charge in [-0.1, -0.05) is 0 Å². The van der Waals surface area contributed by atoms with E-state index in [0.717, 1.165) is 25.3 Å². The third kappa shape index (κ3) is 3.19. The number of carbonyl (C=O) groups excluding carboxylic acids is 1. The van der Waals surface area contributed by atoms with Gasteiger partial charge < -0.3 is 11.1 Å². The van der Waals surface area contributed by atoms with E-state index in [-0.39, 0.29) is 11.9 Å². The molecule has 2 aliphatic heterocycles. The number of hydrogen-bond acceptors (Lipinski definition) is 4. The molecular weight excluding hydrogens is 264 g/mol. The van der Waals surface area contributed by atoms with E-state index in [2.05, 4.69) is 15.1 Å². The maximum absolute atomic E-state index is 12.4. The molecule has 1 amide bonds. The molecule has 3 N–H and O–H groups in total. The van der Waals surface area contributed by atoms with Crippen LogP contribution in [0.15, 0.2) is 24.3 Å². The van der Waals surface area contributed by atoms with Crippen molar-refractivity contribution in [3.63, 3.8) is 0 Å². The average Bonchev–Trinajstić information content (AvgIpc) is 2.96. The summed E-state index contributed by atoms with van der Waals surface area (Å²) in [5.74, 6) is 0.0613. The Bertz CT molecular complexity index is 502. The lowest BCUT2D eigenvalue weighted by atomic mass is 10.1. The molecule has 3 rings (SSSR count). The first-order valence-corrected chi connectivity index (χ1v) is 7.78. The van der Waals surface area contributed by atoms with Crippen molar-refractivity contribution in [2.75, 3.05) is 37.2 Å². The highest BCUT2D eigenvalue weighted by atomic mass is 16.2. The predicted molar refractivity (Wildman–Crippen MR) is 85.1 cm³/mol. The summed E-state index contributed by atoms with van der Waals surface area (Å²) in [5.41, 5.74) is 7.17. The zero-order valence-electron chi connectivity index (χ0n) is 12.6. The Labute approximate surface area is 126 Å². The molecule has 0 spiro atoms. The molecule has 0 aromatic heterocycles. The highest BCUT2D eigenvalue weighted by molar-refractivity contribution is 5.94. The normalized spacial score (nSPS) is 24.5. The number of piperazine rings is 1. The number of nitrogens with one attached hydrogen (secondary N) is 1. The average molecular weight is 288 g/mol. The second kappa shape index (κ2) is 6.03. The molecule has 0 saturated carbocycles. The first kappa shape index (κ1) is 14.4. The van der Waals surface area contributed by atoms with Crippen molar-refractivity contribution in [2.45, 2.75) is 31.8 Å². The Morgan fingerprint density at radius 1 is 1.29 bits per heavy atom. The smallest absolute Gasteiger partial charge is 0.241 e. The minimum atomic E-state index is -0.0923. The van der Waals surface area contributed by atoms with Gasteiger partial charge in [-0.2, -0.15) is 0 Å². The topological polar surface area (TPSA) is 61.6 Å². The third-order valence-corrected chi connectivity index (χ3v) is 4.72. The fourth-order valence-electron chi connectivity index (χ4n) is 3.35. The lowest BCUT2D eigenvalue weighted by Gasteiger charge is -2.39. The van der Waals surface area contributed by atoms with E-state index in [1.54, 1.807) is 12.1 Å². The SMILES string of the molecule is CC(C(=O)Nc1ccc(N)cc1)N1CCN2CCCC2C1. The lowest BCUT2D eigenvalue weighted by molar-refractivity contribution is -0.121. The molecule has 2 unspecified atom stereocenters. The van der Waals surface area contributed by atoms with Crippen LogP contribution in [0.3, 0.4) is 0 Å². The Morgan fingerprint density at radius 2 is 2.05 bits per heavy atom. The zero-order valence-corrected chi connectivity index (χ0v) is 12.6. The number of anilines is 2. The molecule has 1 aromatic carbocycles. The van der Waals surface area contributed by atoms with Crippen LogP contribution in [0.2, 0.25) is 0 Å². The monoisotopic (exact) mass is 288 g/mol. The second-order valence-corrected chi connectivity index (χ2v) is 6.11. The minimum absolute atomic E-state index is 0.0613. The molecule has 21 heavy (non-hydrogen) atoms. The number of nitrogens with zero attached hydrogens (tertiary/aromatic N) is 2. The summed E-state index contributed by atoms with van der Waals surface area (Å²) >= 11 is 0. The number of nitrogens with two attached hydrogens (primary N) is 1. The fourth-order valence-corrected chi connectivity index (χ4v) is 3.35. The number of hydrogen-bond donors (Lipinski definition) is 2. The maximum atomic E-state index is 12.4. The van der Waals surface area contributed by atoms with Crippen LogP contribution in [0.5, 0.6) is 0 Å². The van der Waals surface area contributed by atoms with E-state index in [0.29, 0.717) is 11.7 Å². The first-order chi connectivity index (χ1) is 10.1. The molecule has 5 nitrogen and oxygen atoms in total. The summed E-state index contributed by atoms with van der Waals surface area (Å²) in [6, 6.07) is 7.84. The summed E-state index contributed by atoms with van der Waals surface area (Å²) < 4.78 is 0. The number of nitrogen functional groups attached to an aromatic ring is 1. The van der Waals surface area contributed by atoms with E-state index < -0.39 is 0 Å². The van der Waals surface area contributed by atoms with E-state index >= 15 is 0 Å². The van der Waals surface area contributed by atoms with Gasteiger partial charge in [0, 0.05) is 37.1 Å². The molecule has 2 heterocycles. The number of fused-ring (bicyclic) bond motifs is 1. The maximum Gasteiger partial charge on any atom is 0.241 e. The van der Waals surface area contributed by atoms with E-state index in [1.807, 2.05) is 19.1 Å². The van der Waals surface area contributed by atoms with Gasteiger partial charge in [0.05, 0.1) is 6.04 Å². The van der Waals surface area contributed by atoms with Crippen LogP contribution in [0.1, 0.15) is 19.8 Å². The van der Waals surface area contributed by atoms with Crippen LogP contribution >= 0.6 is 0 Å². The van der Waals surface area contributed by atoms with Gasteiger partial charge in [0.15, 0.2) is 0 Å². The van der Waals surface area contributed by atoms with Gasteiger partial charge in [0.1, 0.15) is 0 Å². The van der Waals surface area contributed by atoms with Crippen LogP contribution in [0.4, 0.5) is 11.4 Å². The quantitative estimate of drug-likeness (QED) is 0.825. The van der Waals surface area contributed by atoms with Crippen molar-refractivity contribution in [1.82, 2.24) is 9.80 Å². The zero-order chi connectivity index (χ0) is 14.8. The summed E-state index contributed by atoms with van der Waals surface area (Å²) in [7, 11) is 0. The fraction of sp³-hybridized carbons (Fsp3) is 0.562. The highest BCUT2D eigenvalue weighted by Gasteiger charge is 2.33. The van der Waals surface area contributed by atoms with Crippen molar-refractivity contribution < 1.29 is 4.79 Å². The summed E-state index contributed by atoms with van der Waals surface area (Å²) in [4.78, 5) is 17.3. The largest absolute Gasteiger partial charge is 0.399 e. The van der Waals surface area contributed by atoms with Crippen LogP contribution in [-0.4, -0.2) is 54.0 Å². The minimum Gasteiger partial charge on any atom is -0.399 e. The van der Waals surface area contributed by atoms with Gasteiger partial charge in [0.2, 0.25) is 5.91 Å². The van der Waals surface area contributed by atoms with Crippen molar-refractivity contribution >= 4 is 17.3 Å². The number of rotatable bonds is 3. The van der Waals surface area contributed by atoms with Crippen LogP contribution in [0.25, 0.3) is 0 Å². The number of carbonyl (C=O) groups is 1. The lowest BCUT2D eigenvalue weighted by Crippen LogP contribution is -2.55. The van der Waals surface area contributed by atoms with Crippen molar-refractivity contribution in [2.24, 2.45) is 0 Å². The van der Waals surface area contributed by atoms with Crippen LogP contribution in [-0.2, 0) is 4.79 Å². The van der Waals surface area contributed by atoms with Crippen molar-refractivity contribution in [3.05, 3.63) is 24.3 Å². The molecule has 0 bridgehead atoms. The van der Waals surface area contributed by atoms with Crippen molar-refractivity contribution in [3.8, 4) is 0 Å². The van der Waals surface area contributed by atoms with Gasteiger partial charge >= 0.3 is 0 Å². The van der Waals surface area contributed by atoms with E-state index in [4.69, 9.17) is 5.73 Å². The van der Waals surface area contributed by atoms with Gasteiger partial charge in [-0.3, -0.25) is 14.6 Å². The molecule has 2 atom stereocenters. The Hall–Kier alpha value is -1.59. The highest BCUT2D eigenvalue weighted by Crippen LogP contribution is 2.23. The van der Waals surface area contributed by atoms with Gasteiger partial charge in [0.25, 0.3) is 0 Å². The molecule has 114 valence electrons. The summed E-state index contributed by atoms with van der Waals surface area (Å²) in [5, 5.41) is 2.98. The van der Waals surface area contributed by atoms with Crippen molar-refractivity contribution in [1.29, 1.82) is 0 Å². The Kier molecular flexibility index (Phi) is 4.12. The summed E-state index contributed by atoms with van der Waals surface area (Å²) in [6.45, 7) is 6.30. The third-order valence-electron chi connectivity index (χ3n) is 4.72.